The van der Waals surface area contributed by atoms with Crippen LogP contribution in [0, 0.1) is 17.0 Å². The lowest BCUT2D eigenvalue weighted by Crippen LogP contribution is -2.25. The lowest BCUT2D eigenvalue weighted by atomic mass is 9.75. The number of ether oxygens (including phenoxy) is 2. The van der Waals surface area contributed by atoms with Gasteiger partial charge in [0.05, 0.1) is 19.7 Å². The number of pyridine rings is 1. The number of carboxylic acids is 1. The first-order valence-corrected chi connectivity index (χ1v) is 13.9. The van der Waals surface area contributed by atoms with Gasteiger partial charge in [-0.15, -0.1) is 0 Å². The second kappa shape index (κ2) is 11.6. The normalized spacial score (nSPS) is 16.6. The molecule has 1 aliphatic rings. The summed E-state index contributed by atoms with van der Waals surface area (Å²) in [6.07, 6.45) is 4.71. The molecule has 7 heteroatoms. The Morgan fingerprint density at radius 1 is 1.15 bits per heavy atom. The van der Waals surface area contributed by atoms with Crippen molar-refractivity contribution in [2.75, 3.05) is 7.11 Å². The summed E-state index contributed by atoms with van der Waals surface area (Å²) >= 11 is 0. The third kappa shape index (κ3) is 5.98. The predicted octanol–water partition coefficient (Wildman–Crippen LogP) is 8.22. The van der Waals surface area contributed by atoms with Crippen LogP contribution in [0.15, 0.2) is 42.6 Å². The standard InChI is InChI=1S/C33H39F2NO4/c1-7-21-11-13-27(31(35)30(21)33(4,5)17-29(37)38)40-19-20-10-12-22(24-16-28(39-6)36-18-26(24)34)23(15-20)25-9-8-14-32(25,2)3/h10-13,15-16,18,25H,7-9,14,17,19H2,1-6H3,(H,37,38)/t25-/m0/s1. The molecule has 0 bridgehead atoms. The molecule has 5 nitrogen and oxygen atoms in total. The Hall–Kier alpha value is -3.48. The Labute approximate surface area is 235 Å². The van der Waals surface area contributed by atoms with Crippen LogP contribution in [0.2, 0.25) is 0 Å². The molecule has 2 aromatic carbocycles. The average Bonchev–Trinajstić information content (AvgIpc) is 3.25. The number of carboxylic acid groups (broad SMARTS) is 1. The third-order valence-corrected chi connectivity index (χ3v) is 8.32. The van der Waals surface area contributed by atoms with Crippen molar-refractivity contribution in [3.8, 4) is 22.8 Å². The van der Waals surface area contributed by atoms with Crippen molar-refractivity contribution in [2.24, 2.45) is 5.41 Å². The fourth-order valence-electron chi connectivity index (χ4n) is 6.24. The van der Waals surface area contributed by atoms with Gasteiger partial charge in [-0.25, -0.2) is 13.8 Å². The molecular weight excluding hydrogens is 512 g/mol. The topological polar surface area (TPSA) is 68.7 Å². The largest absolute Gasteiger partial charge is 0.486 e. The van der Waals surface area contributed by atoms with Gasteiger partial charge in [0.1, 0.15) is 12.4 Å². The van der Waals surface area contributed by atoms with E-state index in [0.29, 0.717) is 23.4 Å². The molecule has 4 rings (SSSR count). The first-order valence-electron chi connectivity index (χ1n) is 13.9. The van der Waals surface area contributed by atoms with Crippen LogP contribution in [0.5, 0.6) is 11.6 Å². The summed E-state index contributed by atoms with van der Waals surface area (Å²) in [4.78, 5) is 15.5. The van der Waals surface area contributed by atoms with Gasteiger partial charge in [-0.3, -0.25) is 4.79 Å². The summed E-state index contributed by atoms with van der Waals surface area (Å²) in [5.41, 5.74) is 3.37. The Morgan fingerprint density at radius 2 is 1.90 bits per heavy atom. The van der Waals surface area contributed by atoms with Crippen molar-refractivity contribution in [3.63, 3.8) is 0 Å². The molecule has 1 saturated carbocycles. The summed E-state index contributed by atoms with van der Waals surface area (Å²) < 4.78 is 42.1. The Balaban J connectivity index is 1.72. The maximum atomic E-state index is 15.8. The van der Waals surface area contributed by atoms with Crippen molar-refractivity contribution < 1.29 is 28.2 Å². The number of halogens is 2. The number of aryl methyl sites for hydroxylation is 1. The van der Waals surface area contributed by atoms with E-state index < -0.39 is 23.0 Å². The lowest BCUT2D eigenvalue weighted by molar-refractivity contribution is -0.138. The van der Waals surface area contributed by atoms with E-state index in [9.17, 15) is 9.90 Å². The monoisotopic (exact) mass is 551 g/mol. The number of nitrogens with zero attached hydrogens (tertiary/aromatic N) is 1. The maximum Gasteiger partial charge on any atom is 0.304 e. The van der Waals surface area contributed by atoms with Gasteiger partial charge in [-0.2, -0.15) is 0 Å². The van der Waals surface area contributed by atoms with Crippen LogP contribution in [0.1, 0.15) is 88.5 Å². The quantitative estimate of drug-likeness (QED) is 0.275. The fourth-order valence-corrected chi connectivity index (χ4v) is 6.24. The third-order valence-electron chi connectivity index (χ3n) is 8.32. The van der Waals surface area contributed by atoms with E-state index in [-0.39, 0.29) is 30.1 Å². The fraction of sp³-hybridized carbons (Fsp3) is 0.455. The molecule has 1 N–H and O–H groups in total. The molecule has 40 heavy (non-hydrogen) atoms. The number of hydrogen-bond acceptors (Lipinski definition) is 4. The van der Waals surface area contributed by atoms with Crippen molar-refractivity contribution in [1.82, 2.24) is 4.98 Å². The number of aromatic nitrogens is 1. The molecule has 0 saturated heterocycles. The van der Waals surface area contributed by atoms with E-state index in [1.807, 2.05) is 31.2 Å². The van der Waals surface area contributed by atoms with E-state index in [0.717, 1.165) is 41.5 Å². The molecule has 1 heterocycles. The highest BCUT2D eigenvalue weighted by Gasteiger charge is 2.37. The molecule has 0 radical (unpaired) electrons. The van der Waals surface area contributed by atoms with Gasteiger partial charge in [-0.1, -0.05) is 65.3 Å². The minimum Gasteiger partial charge on any atom is -0.486 e. The highest BCUT2D eigenvalue weighted by molar-refractivity contribution is 5.70. The van der Waals surface area contributed by atoms with Crippen molar-refractivity contribution in [1.29, 1.82) is 0 Å². The molecular formula is C33H39F2NO4. The zero-order valence-electron chi connectivity index (χ0n) is 24.2. The number of benzene rings is 2. The average molecular weight is 552 g/mol. The second-order valence-corrected chi connectivity index (χ2v) is 12.1. The molecule has 0 amide bonds. The lowest BCUT2D eigenvalue weighted by Gasteiger charge is -2.30. The highest BCUT2D eigenvalue weighted by Crippen LogP contribution is 2.51. The van der Waals surface area contributed by atoms with E-state index in [1.165, 1.54) is 13.3 Å². The molecule has 3 aromatic rings. The number of carbonyl (C=O) groups is 1. The van der Waals surface area contributed by atoms with Crippen LogP contribution in [-0.4, -0.2) is 23.2 Å². The molecule has 214 valence electrons. The van der Waals surface area contributed by atoms with E-state index in [1.54, 1.807) is 26.0 Å². The van der Waals surface area contributed by atoms with E-state index in [2.05, 4.69) is 18.8 Å². The Bertz CT molecular complexity index is 1400. The van der Waals surface area contributed by atoms with Gasteiger partial charge in [0.15, 0.2) is 11.6 Å². The Kier molecular flexibility index (Phi) is 8.52. The van der Waals surface area contributed by atoms with Crippen molar-refractivity contribution in [3.05, 3.63) is 76.5 Å². The predicted molar refractivity (Wildman–Crippen MR) is 152 cm³/mol. The van der Waals surface area contributed by atoms with E-state index in [4.69, 9.17) is 9.47 Å². The zero-order valence-corrected chi connectivity index (χ0v) is 24.2. The van der Waals surface area contributed by atoms with Crippen LogP contribution in [0.25, 0.3) is 11.1 Å². The van der Waals surface area contributed by atoms with Crippen LogP contribution < -0.4 is 9.47 Å². The summed E-state index contributed by atoms with van der Waals surface area (Å²) in [7, 11) is 1.51. The Morgan fingerprint density at radius 3 is 2.52 bits per heavy atom. The van der Waals surface area contributed by atoms with Gasteiger partial charge in [0.2, 0.25) is 5.88 Å². The molecule has 1 aliphatic carbocycles. The van der Waals surface area contributed by atoms with Gasteiger partial charge >= 0.3 is 5.97 Å². The molecule has 0 spiro atoms. The summed E-state index contributed by atoms with van der Waals surface area (Å²) in [5, 5.41) is 9.40. The summed E-state index contributed by atoms with van der Waals surface area (Å²) in [5.74, 6) is -1.29. The zero-order chi connectivity index (χ0) is 29.2. The van der Waals surface area contributed by atoms with Gasteiger partial charge in [0, 0.05) is 22.6 Å². The van der Waals surface area contributed by atoms with Crippen LogP contribution in [0.4, 0.5) is 8.78 Å². The number of rotatable bonds is 10. The summed E-state index contributed by atoms with van der Waals surface area (Å²) in [6, 6.07) is 10.9. The van der Waals surface area contributed by atoms with Crippen LogP contribution >= 0.6 is 0 Å². The molecule has 0 aliphatic heterocycles. The second-order valence-electron chi connectivity index (χ2n) is 12.1. The van der Waals surface area contributed by atoms with Gasteiger partial charge in [0.25, 0.3) is 0 Å². The minimum absolute atomic E-state index is 0.0362. The minimum atomic E-state index is -0.983. The van der Waals surface area contributed by atoms with Gasteiger partial charge in [-0.05, 0) is 58.9 Å². The maximum absolute atomic E-state index is 15.8. The highest BCUT2D eigenvalue weighted by atomic mass is 19.1. The smallest absolute Gasteiger partial charge is 0.304 e. The SMILES string of the molecule is CCc1ccc(OCc2ccc(-c3cc(OC)ncc3F)c([C@@H]3CCCC3(C)C)c2)c(F)c1C(C)(C)CC(=O)O. The van der Waals surface area contributed by atoms with Crippen molar-refractivity contribution in [2.45, 2.75) is 84.7 Å². The first-order chi connectivity index (χ1) is 18.9. The molecule has 0 unspecified atom stereocenters. The number of aliphatic carboxylic acids is 1. The first kappa shape index (κ1) is 29.5. The van der Waals surface area contributed by atoms with Crippen molar-refractivity contribution >= 4 is 5.97 Å². The number of hydrogen-bond donors (Lipinski definition) is 1. The van der Waals surface area contributed by atoms with Crippen LogP contribution in [0.3, 0.4) is 0 Å². The summed E-state index contributed by atoms with van der Waals surface area (Å²) in [6.45, 7) is 10.0. The van der Waals surface area contributed by atoms with E-state index >= 15 is 8.78 Å². The van der Waals surface area contributed by atoms with Gasteiger partial charge < -0.3 is 14.6 Å². The number of methoxy groups -OCH3 is 1. The molecule has 1 fully saturated rings. The van der Waals surface area contributed by atoms with Crippen LogP contribution in [-0.2, 0) is 23.2 Å². The molecule has 1 atom stereocenters. The molecule has 1 aromatic heterocycles.